The Morgan fingerprint density at radius 1 is 1.32 bits per heavy atom. The van der Waals surface area contributed by atoms with E-state index in [4.69, 9.17) is 9.47 Å². The second kappa shape index (κ2) is 6.77. The van der Waals surface area contributed by atoms with Crippen LogP contribution in [0.2, 0.25) is 0 Å². The van der Waals surface area contributed by atoms with Gasteiger partial charge in [0.25, 0.3) is 0 Å². The minimum Gasteiger partial charge on any atom is -0.465 e. The third kappa shape index (κ3) is 3.02. The smallest absolute Gasteiger partial charge is 0.323 e. The van der Waals surface area contributed by atoms with E-state index in [1.807, 2.05) is 35.2 Å². The highest BCUT2D eigenvalue weighted by molar-refractivity contribution is 5.76. The molecule has 2 heterocycles. The molecular formula is C17H23NO4. The molecule has 5 unspecified atom stereocenters. The molecule has 2 fully saturated rings. The second-order valence-corrected chi connectivity index (χ2v) is 5.98. The van der Waals surface area contributed by atoms with E-state index in [0.717, 1.165) is 18.4 Å². The maximum absolute atomic E-state index is 12.0. The first-order chi connectivity index (χ1) is 10.7. The van der Waals surface area contributed by atoms with Crippen molar-refractivity contribution < 1.29 is 19.4 Å². The van der Waals surface area contributed by atoms with E-state index in [2.05, 4.69) is 0 Å². The Labute approximate surface area is 130 Å². The fourth-order valence-electron chi connectivity index (χ4n) is 3.50. The SMILES string of the molecule is CCOC(=O)C1CCC2CN1C(O)C2OCc1ccccc1. The Kier molecular flexibility index (Phi) is 4.76. The lowest BCUT2D eigenvalue weighted by molar-refractivity contribution is -0.156. The normalized spacial score (nSPS) is 33.6. The lowest BCUT2D eigenvalue weighted by atomic mass is 9.94. The van der Waals surface area contributed by atoms with E-state index in [1.165, 1.54) is 0 Å². The summed E-state index contributed by atoms with van der Waals surface area (Å²) in [6, 6.07) is 9.60. The first kappa shape index (κ1) is 15.5. The Morgan fingerprint density at radius 3 is 2.82 bits per heavy atom. The van der Waals surface area contributed by atoms with Gasteiger partial charge in [0.15, 0.2) is 0 Å². The predicted octanol–water partition coefficient (Wildman–Crippen LogP) is 1.55. The topological polar surface area (TPSA) is 59.0 Å². The van der Waals surface area contributed by atoms with Crippen LogP contribution in [0.15, 0.2) is 30.3 Å². The Hall–Kier alpha value is -1.43. The molecule has 3 rings (SSSR count). The summed E-state index contributed by atoms with van der Waals surface area (Å²) < 4.78 is 11.1. The molecule has 0 saturated carbocycles. The summed E-state index contributed by atoms with van der Waals surface area (Å²) in [5, 5.41) is 10.5. The van der Waals surface area contributed by atoms with E-state index in [0.29, 0.717) is 19.8 Å². The molecule has 1 aromatic carbocycles. The quantitative estimate of drug-likeness (QED) is 0.836. The van der Waals surface area contributed by atoms with E-state index in [-0.39, 0.29) is 24.0 Å². The van der Waals surface area contributed by atoms with E-state index >= 15 is 0 Å². The molecule has 2 bridgehead atoms. The Balaban J connectivity index is 1.62. The van der Waals surface area contributed by atoms with Crippen LogP contribution in [0.4, 0.5) is 0 Å². The zero-order valence-electron chi connectivity index (χ0n) is 12.9. The number of esters is 1. The molecule has 5 heteroatoms. The number of aliphatic hydroxyl groups is 1. The molecule has 5 atom stereocenters. The summed E-state index contributed by atoms with van der Waals surface area (Å²) in [6.45, 7) is 3.35. The van der Waals surface area contributed by atoms with Crippen LogP contribution >= 0.6 is 0 Å². The third-order valence-corrected chi connectivity index (χ3v) is 4.60. The zero-order valence-corrected chi connectivity index (χ0v) is 12.9. The van der Waals surface area contributed by atoms with Crippen LogP contribution in [0, 0.1) is 5.92 Å². The number of aliphatic hydroxyl groups excluding tert-OH is 1. The number of hydrogen-bond acceptors (Lipinski definition) is 5. The van der Waals surface area contributed by atoms with Gasteiger partial charge < -0.3 is 14.6 Å². The summed E-state index contributed by atoms with van der Waals surface area (Å²) in [5.74, 6) is 0.0492. The molecule has 0 spiro atoms. The van der Waals surface area contributed by atoms with Crippen molar-refractivity contribution in [1.82, 2.24) is 4.90 Å². The van der Waals surface area contributed by atoms with Crippen molar-refractivity contribution in [1.29, 1.82) is 0 Å². The predicted molar refractivity (Wildman–Crippen MR) is 80.9 cm³/mol. The summed E-state index contributed by atoms with van der Waals surface area (Å²) in [6.07, 6.45) is 0.646. The van der Waals surface area contributed by atoms with Gasteiger partial charge in [0, 0.05) is 12.5 Å². The third-order valence-electron chi connectivity index (χ3n) is 4.60. The van der Waals surface area contributed by atoms with Crippen LogP contribution < -0.4 is 0 Å². The van der Waals surface area contributed by atoms with Crippen LogP contribution in [0.5, 0.6) is 0 Å². The molecule has 0 aliphatic carbocycles. The second-order valence-electron chi connectivity index (χ2n) is 5.98. The number of piperidine rings is 1. The molecule has 2 aliphatic heterocycles. The molecule has 0 radical (unpaired) electrons. The standard InChI is InChI=1S/C17H23NO4/c1-2-21-17(20)14-9-8-13-10-18(14)16(19)15(13)22-11-12-6-4-3-5-7-12/h3-7,13-16,19H,2,8-11H2,1H3. The highest BCUT2D eigenvalue weighted by Crippen LogP contribution is 2.37. The van der Waals surface area contributed by atoms with Gasteiger partial charge >= 0.3 is 5.97 Å². The van der Waals surface area contributed by atoms with Crippen molar-refractivity contribution in [3.8, 4) is 0 Å². The average molecular weight is 305 g/mol. The van der Waals surface area contributed by atoms with Crippen molar-refractivity contribution >= 4 is 5.97 Å². The maximum atomic E-state index is 12.0. The van der Waals surface area contributed by atoms with Gasteiger partial charge in [0.2, 0.25) is 0 Å². The monoisotopic (exact) mass is 305 g/mol. The zero-order chi connectivity index (χ0) is 15.5. The molecule has 1 N–H and O–H groups in total. The lowest BCUT2D eigenvalue weighted by Gasteiger charge is -2.31. The largest absolute Gasteiger partial charge is 0.465 e. The van der Waals surface area contributed by atoms with Crippen LogP contribution in [-0.4, -0.2) is 47.5 Å². The number of ether oxygens (including phenoxy) is 2. The molecule has 5 nitrogen and oxygen atoms in total. The lowest BCUT2D eigenvalue weighted by Crippen LogP contribution is -2.47. The van der Waals surface area contributed by atoms with Crippen LogP contribution in [0.1, 0.15) is 25.3 Å². The van der Waals surface area contributed by atoms with Gasteiger partial charge in [-0.1, -0.05) is 30.3 Å². The van der Waals surface area contributed by atoms with Crippen LogP contribution in [-0.2, 0) is 20.9 Å². The number of benzene rings is 1. The van der Waals surface area contributed by atoms with Gasteiger partial charge in [-0.15, -0.1) is 0 Å². The Bertz CT molecular complexity index is 507. The number of hydrogen-bond donors (Lipinski definition) is 1. The first-order valence-electron chi connectivity index (χ1n) is 7.96. The maximum Gasteiger partial charge on any atom is 0.323 e. The molecule has 2 aliphatic rings. The average Bonchev–Trinajstić information content (AvgIpc) is 2.78. The fourth-order valence-corrected chi connectivity index (χ4v) is 3.50. The number of fused-ring (bicyclic) bond motifs is 2. The Morgan fingerprint density at radius 2 is 2.09 bits per heavy atom. The van der Waals surface area contributed by atoms with E-state index in [9.17, 15) is 9.90 Å². The van der Waals surface area contributed by atoms with Crippen molar-refractivity contribution in [2.75, 3.05) is 13.2 Å². The van der Waals surface area contributed by atoms with Gasteiger partial charge in [0.05, 0.1) is 13.2 Å². The first-order valence-corrected chi connectivity index (χ1v) is 7.96. The molecule has 120 valence electrons. The van der Waals surface area contributed by atoms with Crippen LogP contribution in [0.25, 0.3) is 0 Å². The van der Waals surface area contributed by atoms with E-state index in [1.54, 1.807) is 6.92 Å². The molecule has 0 amide bonds. The molecule has 1 aromatic rings. The van der Waals surface area contributed by atoms with Gasteiger partial charge in [-0.25, -0.2) is 0 Å². The summed E-state index contributed by atoms with van der Waals surface area (Å²) in [5.41, 5.74) is 1.09. The summed E-state index contributed by atoms with van der Waals surface area (Å²) >= 11 is 0. The minimum absolute atomic E-state index is 0.233. The fraction of sp³-hybridized carbons (Fsp3) is 0.588. The molecule has 2 saturated heterocycles. The molecular weight excluding hydrogens is 282 g/mol. The minimum atomic E-state index is -0.731. The van der Waals surface area contributed by atoms with Gasteiger partial charge in [-0.2, -0.15) is 0 Å². The number of nitrogens with zero attached hydrogens (tertiary/aromatic N) is 1. The molecule has 0 aromatic heterocycles. The van der Waals surface area contributed by atoms with Crippen molar-refractivity contribution in [3.63, 3.8) is 0 Å². The van der Waals surface area contributed by atoms with Crippen molar-refractivity contribution in [2.24, 2.45) is 5.92 Å². The van der Waals surface area contributed by atoms with Gasteiger partial charge in [-0.05, 0) is 25.3 Å². The van der Waals surface area contributed by atoms with Crippen molar-refractivity contribution in [3.05, 3.63) is 35.9 Å². The van der Waals surface area contributed by atoms with Gasteiger partial charge in [0.1, 0.15) is 18.4 Å². The highest BCUT2D eigenvalue weighted by atomic mass is 16.5. The van der Waals surface area contributed by atoms with Crippen LogP contribution in [0.3, 0.4) is 0 Å². The van der Waals surface area contributed by atoms with Crippen molar-refractivity contribution in [2.45, 2.75) is 44.7 Å². The number of carbonyl (C=O) groups excluding carboxylic acids is 1. The number of rotatable bonds is 5. The molecule has 22 heavy (non-hydrogen) atoms. The highest BCUT2D eigenvalue weighted by Gasteiger charge is 2.50. The summed E-state index contributed by atoms with van der Waals surface area (Å²) in [4.78, 5) is 13.8. The number of carbonyl (C=O) groups is 1. The van der Waals surface area contributed by atoms with Gasteiger partial charge in [-0.3, -0.25) is 9.69 Å². The summed E-state index contributed by atoms with van der Waals surface area (Å²) in [7, 11) is 0. The van der Waals surface area contributed by atoms with E-state index < -0.39 is 6.23 Å².